The predicted octanol–water partition coefficient (Wildman–Crippen LogP) is 5.87. The molecule has 0 fully saturated rings. The number of unbranched alkanes of at least 4 members (excludes halogenated alkanes) is 1. The Balaban J connectivity index is 1.67. The molecule has 0 radical (unpaired) electrons. The van der Waals surface area contributed by atoms with Crippen molar-refractivity contribution in [2.24, 2.45) is 0 Å². The minimum Gasteiger partial charge on any atom is -0.494 e. The first-order valence-corrected chi connectivity index (χ1v) is 9.08. The summed E-state index contributed by atoms with van der Waals surface area (Å²) in [4.78, 5) is 4.73. The molecule has 0 bridgehead atoms. The highest BCUT2D eigenvalue weighted by Gasteiger charge is 2.06. The maximum Gasteiger partial charge on any atom is 0.124 e. The molecule has 0 saturated heterocycles. The second-order valence-electron chi connectivity index (χ2n) is 5.17. The Morgan fingerprint density at radius 1 is 0.913 bits per heavy atom. The molecule has 0 unspecified atom stereocenters. The van der Waals surface area contributed by atoms with Gasteiger partial charge in [0.15, 0.2) is 0 Å². The summed E-state index contributed by atoms with van der Waals surface area (Å²) in [7, 11) is 0. The van der Waals surface area contributed by atoms with E-state index in [9.17, 15) is 0 Å². The van der Waals surface area contributed by atoms with E-state index in [1.165, 1.54) is 0 Å². The zero-order valence-electron chi connectivity index (χ0n) is 12.7. The minimum absolute atomic E-state index is 0.690. The van der Waals surface area contributed by atoms with Gasteiger partial charge in [0.25, 0.3) is 0 Å². The second-order valence-corrected chi connectivity index (χ2v) is 6.41. The number of rotatable bonds is 7. The summed E-state index contributed by atoms with van der Waals surface area (Å²) in [5, 5.41) is 3.14. The molecule has 2 nitrogen and oxygen atoms in total. The van der Waals surface area contributed by atoms with Gasteiger partial charge in [-0.3, -0.25) is 0 Å². The van der Waals surface area contributed by atoms with Crippen LogP contribution in [0, 0.1) is 0 Å². The number of hydrogen-bond acceptors (Lipinski definition) is 3. The molecule has 4 heteroatoms. The first-order chi connectivity index (χ1) is 11.4. The molecule has 0 aliphatic carbocycles. The van der Waals surface area contributed by atoms with Crippen LogP contribution in [0.2, 0.25) is 0 Å². The lowest BCUT2D eigenvalue weighted by molar-refractivity contribution is 0.310. The molecule has 0 aliphatic rings. The summed E-state index contributed by atoms with van der Waals surface area (Å²) in [6.07, 6.45) is 1.97. The Bertz CT molecular complexity index is 725. The number of hydrogen-bond donors (Lipinski definition) is 0. The normalized spacial score (nSPS) is 10.7. The van der Waals surface area contributed by atoms with Gasteiger partial charge in [-0.25, -0.2) is 4.98 Å². The topological polar surface area (TPSA) is 22.1 Å². The zero-order chi connectivity index (χ0) is 15.9. The van der Waals surface area contributed by atoms with Crippen molar-refractivity contribution in [3.05, 3.63) is 60.0 Å². The molecule has 1 heterocycles. The maximum atomic E-state index is 5.70. The first-order valence-electron chi connectivity index (χ1n) is 7.67. The number of nitrogens with zero attached hydrogens (tertiary/aromatic N) is 1. The minimum atomic E-state index is 0.690. The van der Waals surface area contributed by atoms with Crippen molar-refractivity contribution in [2.45, 2.75) is 12.8 Å². The van der Waals surface area contributed by atoms with Crippen LogP contribution in [-0.4, -0.2) is 17.5 Å². The summed E-state index contributed by atoms with van der Waals surface area (Å²) in [6, 6.07) is 18.4. The standard InChI is InChI=1S/C19H18ClNOS/c20-12-4-5-13-22-17-10-8-15(9-11-17)18-14-23-19(21-18)16-6-2-1-3-7-16/h1-3,6-11,14H,4-5,12-13H2. The predicted molar refractivity (Wildman–Crippen MR) is 98.4 cm³/mol. The Morgan fingerprint density at radius 2 is 1.70 bits per heavy atom. The monoisotopic (exact) mass is 343 g/mol. The molecular weight excluding hydrogens is 326 g/mol. The molecule has 0 aliphatic heterocycles. The SMILES string of the molecule is ClCCCCOc1ccc(-c2csc(-c3ccccc3)n2)cc1. The van der Waals surface area contributed by atoms with Gasteiger partial charge in [0.05, 0.1) is 12.3 Å². The largest absolute Gasteiger partial charge is 0.494 e. The van der Waals surface area contributed by atoms with Crippen LogP contribution in [0.4, 0.5) is 0 Å². The van der Waals surface area contributed by atoms with Crippen molar-refractivity contribution in [3.8, 4) is 27.6 Å². The quantitative estimate of drug-likeness (QED) is 0.395. The molecule has 0 saturated carbocycles. The van der Waals surface area contributed by atoms with E-state index in [-0.39, 0.29) is 0 Å². The van der Waals surface area contributed by atoms with E-state index in [2.05, 4.69) is 29.6 Å². The highest BCUT2D eigenvalue weighted by Crippen LogP contribution is 2.29. The van der Waals surface area contributed by atoms with E-state index in [4.69, 9.17) is 21.3 Å². The Hall–Kier alpha value is -1.84. The van der Waals surface area contributed by atoms with E-state index < -0.39 is 0 Å². The molecule has 0 atom stereocenters. The molecule has 3 rings (SSSR count). The molecule has 0 spiro atoms. The van der Waals surface area contributed by atoms with Crippen LogP contribution in [0.15, 0.2) is 60.0 Å². The smallest absolute Gasteiger partial charge is 0.124 e. The van der Waals surface area contributed by atoms with E-state index in [1.807, 2.05) is 30.3 Å². The fourth-order valence-electron chi connectivity index (χ4n) is 2.23. The Kier molecular flexibility index (Phi) is 5.67. The van der Waals surface area contributed by atoms with Crippen molar-refractivity contribution in [1.29, 1.82) is 0 Å². The zero-order valence-corrected chi connectivity index (χ0v) is 14.3. The highest BCUT2D eigenvalue weighted by molar-refractivity contribution is 7.13. The lowest BCUT2D eigenvalue weighted by Crippen LogP contribution is -1.97. The van der Waals surface area contributed by atoms with Gasteiger partial charge in [-0.05, 0) is 37.1 Å². The lowest BCUT2D eigenvalue weighted by Gasteiger charge is -2.06. The third kappa shape index (κ3) is 4.34. The fraction of sp³-hybridized carbons (Fsp3) is 0.211. The number of aromatic nitrogens is 1. The molecule has 3 aromatic rings. The molecular formula is C19H18ClNOS. The molecule has 1 aromatic heterocycles. The van der Waals surface area contributed by atoms with Crippen LogP contribution in [0.1, 0.15) is 12.8 Å². The molecule has 0 amide bonds. The molecule has 0 N–H and O–H groups in total. The van der Waals surface area contributed by atoms with Gasteiger partial charge in [-0.15, -0.1) is 22.9 Å². The van der Waals surface area contributed by atoms with Gasteiger partial charge in [0, 0.05) is 22.4 Å². The summed E-state index contributed by atoms with van der Waals surface area (Å²) < 4.78 is 5.70. The number of thiazole rings is 1. The van der Waals surface area contributed by atoms with Gasteiger partial charge in [-0.1, -0.05) is 30.3 Å². The van der Waals surface area contributed by atoms with Crippen molar-refractivity contribution in [2.75, 3.05) is 12.5 Å². The first kappa shape index (κ1) is 16.0. The van der Waals surface area contributed by atoms with E-state index in [0.29, 0.717) is 12.5 Å². The average Bonchev–Trinajstić information content (AvgIpc) is 3.10. The summed E-state index contributed by atoms with van der Waals surface area (Å²) in [5.41, 5.74) is 3.27. The van der Waals surface area contributed by atoms with Gasteiger partial charge >= 0.3 is 0 Å². The van der Waals surface area contributed by atoms with Crippen LogP contribution >= 0.6 is 22.9 Å². The summed E-state index contributed by atoms with van der Waals surface area (Å²) in [6.45, 7) is 0.709. The van der Waals surface area contributed by atoms with Crippen LogP contribution in [-0.2, 0) is 0 Å². The number of ether oxygens (including phenoxy) is 1. The van der Waals surface area contributed by atoms with Crippen molar-refractivity contribution >= 4 is 22.9 Å². The van der Waals surface area contributed by atoms with E-state index >= 15 is 0 Å². The molecule has 2 aromatic carbocycles. The average molecular weight is 344 g/mol. The summed E-state index contributed by atoms with van der Waals surface area (Å²) >= 11 is 7.32. The Morgan fingerprint density at radius 3 is 2.43 bits per heavy atom. The van der Waals surface area contributed by atoms with Crippen LogP contribution in [0.3, 0.4) is 0 Å². The van der Waals surface area contributed by atoms with E-state index in [1.54, 1.807) is 11.3 Å². The maximum absolute atomic E-state index is 5.70. The van der Waals surface area contributed by atoms with Gasteiger partial charge in [0.1, 0.15) is 10.8 Å². The fourth-order valence-corrected chi connectivity index (χ4v) is 3.25. The van der Waals surface area contributed by atoms with Gasteiger partial charge < -0.3 is 4.74 Å². The Labute approximate surface area is 145 Å². The highest BCUT2D eigenvalue weighted by atomic mass is 35.5. The third-order valence-corrected chi connectivity index (χ3v) is 4.63. The van der Waals surface area contributed by atoms with Crippen molar-refractivity contribution < 1.29 is 4.74 Å². The third-order valence-electron chi connectivity index (χ3n) is 3.47. The van der Waals surface area contributed by atoms with Gasteiger partial charge in [0.2, 0.25) is 0 Å². The number of alkyl halides is 1. The number of halogens is 1. The summed E-state index contributed by atoms with van der Waals surface area (Å²) in [5.74, 6) is 1.58. The second kappa shape index (κ2) is 8.14. The van der Waals surface area contributed by atoms with Crippen LogP contribution in [0.5, 0.6) is 5.75 Å². The lowest BCUT2D eigenvalue weighted by atomic mass is 10.1. The van der Waals surface area contributed by atoms with Crippen molar-refractivity contribution in [1.82, 2.24) is 4.98 Å². The molecule has 118 valence electrons. The van der Waals surface area contributed by atoms with Crippen LogP contribution < -0.4 is 4.74 Å². The van der Waals surface area contributed by atoms with E-state index in [0.717, 1.165) is 40.4 Å². The molecule has 23 heavy (non-hydrogen) atoms. The number of benzene rings is 2. The van der Waals surface area contributed by atoms with Gasteiger partial charge in [-0.2, -0.15) is 0 Å². The van der Waals surface area contributed by atoms with Crippen molar-refractivity contribution in [3.63, 3.8) is 0 Å². The van der Waals surface area contributed by atoms with Crippen LogP contribution in [0.25, 0.3) is 21.8 Å².